The summed E-state index contributed by atoms with van der Waals surface area (Å²) in [5.74, 6) is 2.63. The van der Waals surface area contributed by atoms with Crippen LogP contribution >= 0.6 is 0 Å². The fraction of sp³-hybridized carbons (Fsp3) is 0.765. The molecule has 0 unspecified atom stereocenters. The standard InChI is InChI=1S/C34H51NO5/c1-21(10-15-31(37)39-4)26-13-14-27-25-12-11-23-19-24(40-32(38)29(35)18-22-8-6-5-7-9-22)16-17-33(23,2)28(25)20-30(36)34(26,27)3/h5-9,21,23-30,36H,10-20,35H2,1-4H3/t21-,23-,24-,25+,26-,27+,28+,29+,30+,33+,34-/m1/s1. The zero-order valence-electron chi connectivity index (χ0n) is 25.0. The molecule has 11 atom stereocenters. The van der Waals surface area contributed by atoms with Crippen LogP contribution < -0.4 is 5.73 Å². The number of ether oxygens (including phenoxy) is 2. The van der Waals surface area contributed by atoms with E-state index in [0.29, 0.717) is 48.3 Å². The number of esters is 2. The Morgan fingerprint density at radius 3 is 2.52 bits per heavy atom. The van der Waals surface area contributed by atoms with Crippen molar-refractivity contribution in [2.24, 2.45) is 52.1 Å². The van der Waals surface area contributed by atoms with Gasteiger partial charge >= 0.3 is 11.9 Å². The Bertz CT molecular complexity index is 1050. The summed E-state index contributed by atoms with van der Waals surface area (Å²) < 4.78 is 10.9. The minimum atomic E-state index is -0.636. The molecule has 3 N–H and O–H groups in total. The molecule has 0 radical (unpaired) electrons. The molecule has 222 valence electrons. The lowest BCUT2D eigenvalue weighted by Gasteiger charge is -2.62. The SMILES string of the molecule is COC(=O)CC[C@@H](C)[C@H]1CC[C@H]2[C@@H]3CC[C@@H]4C[C@H](OC(=O)[C@@H](N)Cc5ccccc5)CC[C@]4(C)[C@H]3C[C@H](O)[C@]12C. The molecule has 4 aliphatic carbocycles. The van der Waals surface area contributed by atoms with Gasteiger partial charge in [0.25, 0.3) is 0 Å². The number of carbonyl (C=O) groups is 2. The van der Waals surface area contributed by atoms with Crippen LogP contribution in [0.15, 0.2) is 30.3 Å². The number of aliphatic hydroxyl groups is 1. The van der Waals surface area contributed by atoms with E-state index in [2.05, 4.69) is 20.8 Å². The summed E-state index contributed by atoms with van der Waals surface area (Å²) in [6.45, 7) is 7.09. The van der Waals surface area contributed by atoms with Crippen molar-refractivity contribution in [3.8, 4) is 0 Å². The molecular formula is C34H51NO5. The molecular weight excluding hydrogens is 502 g/mol. The molecule has 0 aromatic heterocycles. The van der Waals surface area contributed by atoms with Crippen LogP contribution in [0.1, 0.15) is 90.5 Å². The predicted molar refractivity (Wildman–Crippen MR) is 155 cm³/mol. The summed E-state index contributed by atoms with van der Waals surface area (Å²) >= 11 is 0. The van der Waals surface area contributed by atoms with Crippen LogP contribution in [-0.2, 0) is 25.5 Å². The summed E-state index contributed by atoms with van der Waals surface area (Å²) in [7, 11) is 1.46. The summed E-state index contributed by atoms with van der Waals surface area (Å²) in [5.41, 5.74) is 7.38. The van der Waals surface area contributed by atoms with E-state index in [0.717, 1.165) is 44.1 Å². The highest BCUT2D eigenvalue weighted by Crippen LogP contribution is 2.68. The number of benzene rings is 1. The number of hydrogen-bond acceptors (Lipinski definition) is 6. The molecule has 6 nitrogen and oxygen atoms in total. The number of hydrogen-bond donors (Lipinski definition) is 2. The van der Waals surface area contributed by atoms with Crippen molar-refractivity contribution in [1.29, 1.82) is 0 Å². The number of rotatable bonds is 8. The molecule has 6 heteroatoms. The average molecular weight is 554 g/mol. The lowest BCUT2D eigenvalue weighted by molar-refractivity contribution is -0.182. The second-order valence-corrected chi connectivity index (χ2v) is 14.2. The molecule has 0 aliphatic heterocycles. The van der Waals surface area contributed by atoms with Gasteiger partial charge in [0.05, 0.1) is 13.2 Å². The van der Waals surface area contributed by atoms with Gasteiger partial charge in [0.2, 0.25) is 0 Å². The average Bonchev–Trinajstić information content (AvgIpc) is 3.31. The third-order valence-corrected chi connectivity index (χ3v) is 12.4. The maximum absolute atomic E-state index is 12.9. The molecule has 0 saturated heterocycles. The fourth-order valence-electron chi connectivity index (χ4n) is 10.1. The number of fused-ring (bicyclic) bond motifs is 5. The predicted octanol–water partition coefficient (Wildman–Crippen LogP) is 5.69. The highest BCUT2D eigenvalue weighted by molar-refractivity contribution is 5.76. The molecule has 0 amide bonds. The minimum absolute atomic E-state index is 0.0609. The molecule has 0 bridgehead atoms. The Balaban J connectivity index is 1.22. The van der Waals surface area contributed by atoms with Gasteiger partial charge in [-0.3, -0.25) is 9.59 Å². The van der Waals surface area contributed by atoms with Gasteiger partial charge in [0, 0.05) is 6.42 Å². The van der Waals surface area contributed by atoms with Gasteiger partial charge in [0.15, 0.2) is 0 Å². The molecule has 4 aliphatic rings. The van der Waals surface area contributed by atoms with E-state index in [1.807, 2.05) is 30.3 Å². The molecule has 5 rings (SSSR count). The maximum Gasteiger partial charge on any atom is 0.323 e. The first kappa shape index (κ1) is 29.6. The van der Waals surface area contributed by atoms with E-state index in [9.17, 15) is 14.7 Å². The molecule has 0 heterocycles. The van der Waals surface area contributed by atoms with Gasteiger partial charge < -0.3 is 20.3 Å². The largest absolute Gasteiger partial charge is 0.469 e. The third kappa shape index (κ3) is 5.35. The molecule has 4 saturated carbocycles. The Labute approximate surface area is 240 Å². The highest BCUT2D eigenvalue weighted by Gasteiger charge is 2.63. The van der Waals surface area contributed by atoms with Gasteiger partial charge in [0.1, 0.15) is 12.1 Å². The Kier molecular flexibility index (Phi) is 8.69. The maximum atomic E-state index is 12.9. The van der Waals surface area contributed by atoms with E-state index in [1.54, 1.807) is 0 Å². The molecule has 4 fully saturated rings. The van der Waals surface area contributed by atoms with Gasteiger partial charge in [-0.15, -0.1) is 0 Å². The van der Waals surface area contributed by atoms with Crippen molar-refractivity contribution in [1.82, 2.24) is 0 Å². The van der Waals surface area contributed by atoms with E-state index in [4.69, 9.17) is 15.2 Å². The van der Waals surface area contributed by atoms with Crippen LogP contribution in [0.2, 0.25) is 0 Å². The van der Waals surface area contributed by atoms with Crippen LogP contribution in [0, 0.1) is 46.3 Å². The normalized spacial score (nSPS) is 40.2. The Morgan fingerprint density at radius 1 is 1.05 bits per heavy atom. The van der Waals surface area contributed by atoms with E-state index in [-0.39, 0.29) is 35.0 Å². The number of carbonyl (C=O) groups excluding carboxylic acids is 2. The number of aliphatic hydroxyl groups excluding tert-OH is 1. The van der Waals surface area contributed by atoms with E-state index >= 15 is 0 Å². The minimum Gasteiger partial charge on any atom is -0.469 e. The fourth-order valence-corrected chi connectivity index (χ4v) is 10.1. The highest BCUT2D eigenvalue weighted by atomic mass is 16.5. The van der Waals surface area contributed by atoms with Crippen molar-refractivity contribution in [3.05, 3.63) is 35.9 Å². The summed E-state index contributed by atoms with van der Waals surface area (Å²) in [5, 5.41) is 11.8. The summed E-state index contributed by atoms with van der Waals surface area (Å²) in [4.78, 5) is 24.7. The Hall–Kier alpha value is -1.92. The van der Waals surface area contributed by atoms with Gasteiger partial charge in [-0.25, -0.2) is 0 Å². The molecule has 1 aromatic carbocycles. The molecule has 1 aromatic rings. The second-order valence-electron chi connectivity index (χ2n) is 14.2. The van der Waals surface area contributed by atoms with Gasteiger partial charge in [-0.1, -0.05) is 51.1 Å². The van der Waals surface area contributed by atoms with Crippen molar-refractivity contribution >= 4 is 11.9 Å². The summed E-state index contributed by atoms with van der Waals surface area (Å²) in [6, 6.07) is 9.25. The van der Waals surface area contributed by atoms with Crippen LogP contribution in [0.5, 0.6) is 0 Å². The van der Waals surface area contributed by atoms with E-state index < -0.39 is 6.04 Å². The molecule has 40 heavy (non-hydrogen) atoms. The van der Waals surface area contributed by atoms with Crippen LogP contribution in [0.25, 0.3) is 0 Å². The monoisotopic (exact) mass is 553 g/mol. The summed E-state index contributed by atoms with van der Waals surface area (Å²) in [6.07, 6.45) is 9.82. The van der Waals surface area contributed by atoms with E-state index in [1.165, 1.54) is 26.4 Å². The zero-order valence-corrected chi connectivity index (χ0v) is 25.0. The van der Waals surface area contributed by atoms with Crippen LogP contribution in [-0.4, -0.2) is 42.4 Å². The van der Waals surface area contributed by atoms with Crippen LogP contribution in [0.4, 0.5) is 0 Å². The first-order valence-corrected chi connectivity index (χ1v) is 15.8. The zero-order chi connectivity index (χ0) is 28.7. The third-order valence-electron chi connectivity index (χ3n) is 12.4. The van der Waals surface area contributed by atoms with Gasteiger partial charge in [-0.05, 0) is 116 Å². The van der Waals surface area contributed by atoms with Crippen molar-refractivity contribution in [2.45, 2.75) is 110 Å². The first-order valence-electron chi connectivity index (χ1n) is 15.8. The van der Waals surface area contributed by atoms with Crippen molar-refractivity contribution < 1.29 is 24.2 Å². The topological polar surface area (TPSA) is 98.9 Å². The lowest BCUT2D eigenvalue weighted by Crippen LogP contribution is -2.59. The van der Waals surface area contributed by atoms with Crippen LogP contribution in [0.3, 0.4) is 0 Å². The lowest BCUT2D eigenvalue weighted by atomic mass is 9.43. The van der Waals surface area contributed by atoms with Crippen molar-refractivity contribution in [2.75, 3.05) is 7.11 Å². The molecule has 0 spiro atoms. The van der Waals surface area contributed by atoms with Crippen molar-refractivity contribution in [3.63, 3.8) is 0 Å². The first-order chi connectivity index (χ1) is 19.1. The van der Waals surface area contributed by atoms with Gasteiger partial charge in [-0.2, -0.15) is 0 Å². The quantitative estimate of drug-likeness (QED) is 0.402. The smallest absolute Gasteiger partial charge is 0.323 e. The number of nitrogens with two attached hydrogens (primary N) is 1. The second kappa shape index (κ2) is 11.8. The Morgan fingerprint density at radius 2 is 1.80 bits per heavy atom. The number of methoxy groups -OCH3 is 1.